The van der Waals surface area contributed by atoms with Crippen LogP contribution in [-0.2, 0) is 6.42 Å². The molecule has 0 fully saturated rings. The SMILES string of the molecule is COc1ccc(C2Cc3c(C)ccc(C)c3N2)c(C)c1. The van der Waals surface area contributed by atoms with Crippen molar-refractivity contribution in [3.63, 3.8) is 0 Å². The molecule has 0 saturated heterocycles. The van der Waals surface area contributed by atoms with Gasteiger partial charge in [-0.1, -0.05) is 18.2 Å². The molecule has 2 heteroatoms. The number of nitrogens with one attached hydrogen (secondary N) is 1. The molecule has 2 aromatic carbocycles. The third-order valence-corrected chi connectivity index (χ3v) is 4.33. The molecule has 2 nitrogen and oxygen atoms in total. The number of hydrogen-bond donors (Lipinski definition) is 1. The number of ether oxygens (including phenoxy) is 1. The summed E-state index contributed by atoms with van der Waals surface area (Å²) >= 11 is 0. The van der Waals surface area contributed by atoms with Crippen molar-refractivity contribution >= 4 is 5.69 Å². The van der Waals surface area contributed by atoms with Crippen LogP contribution in [0.4, 0.5) is 5.69 Å². The van der Waals surface area contributed by atoms with Crippen molar-refractivity contribution in [2.75, 3.05) is 12.4 Å². The van der Waals surface area contributed by atoms with E-state index < -0.39 is 0 Å². The zero-order valence-electron chi connectivity index (χ0n) is 12.6. The molecule has 0 radical (unpaired) electrons. The molecule has 3 rings (SSSR count). The van der Waals surface area contributed by atoms with E-state index in [1.807, 2.05) is 6.07 Å². The smallest absolute Gasteiger partial charge is 0.119 e. The number of fused-ring (bicyclic) bond motifs is 1. The first-order valence-corrected chi connectivity index (χ1v) is 7.10. The molecule has 20 heavy (non-hydrogen) atoms. The van der Waals surface area contributed by atoms with Gasteiger partial charge in [0.05, 0.1) is 13.2 Å². The molecule has 2 aromatic rings. The van der Waals surface area contributed by atoms with E-state index in [-0.39, 0.29) is 0 Å². The Kier molecular flexibility index (Phi) is 3.17. The average molecular weight is 267 g/mol. The van der Waals surface area contributed by atoms with E-state index in [0.717, 1.165) is 12.2 Å². The molecule has 0 aromatic heterocycles. The highest BCUT2D eigenvalue weighted by atomic mass is 16.5. The van der Waals surface area contributed by atoms with Crippen LogP contribution in [0.25, 0.3) is 0 Å². The van der Waals surface area contributed by atoms with Crippen LogP contribution in [0.1, 0.15) is 33.9 Å². The third kappa shape index (κ3) is 2.05. The van der Waals surface area contributed by atoms with Crippen LogP contribution in [0.15, 0.2) is 30.3 Å². The zero-order valence-corrected chi connectivity index (χ0v) is 12.6. The molecular weight excluding hydrogens is 246 g/mol. The third-order valence-electron chi connectivity index (χ3n) is 4.33. The van der Waals surface area contributed by atoms with Gasteiger partial charge in [0.15, 0.2) is 0 Å². The maximum absolute atomic E-state index is 5.29. The highest BCUT2D eigenvalue weighted by Crippen LogP contribution is 2.39. The summed E-state index contributed by atoms with van der Waals surface area (Å²) in [5.74, 6) is 0.925. The Labute approximate surface area is 120 Å². The van der Waals surface area contributed by atoms with E-state index >= 15 is 0 Å². The second-order valence-corrected chi connectivity index (χ2v) is 5.68. The van der Waals surface area contributed by atoms with E-state index in [4.69, 9.17) is 4.74 Å². The minimum atomic E-state index is 0.371. The largest absolute Gasteiger partial charge is 0.497 e. The van der Waals surface area contributed by atoms with Gasteiger partial charge in [-0.2, -0.15) is 0 Å². The molecule has 1 N–H and O–H groups in total. The van der Waals surface area contributed by atoms with Gasteiger partial charge in [0, 0.05) is 5.69 Å². The van der Waals surface area contributed by atoms with Crippen LogP contribution in [-0.4, -0.2) is 7.11 Å². The standard InChI is InChI=1S/C18H21NO/c1-11-5-6-12(2)18-16(11)10-17(19-18)15-8-7-14(20-4)9-13(15)3/h5-9,17,19H,10H2,1-4H3. The Hall–Kier alpha value is -1.96. The molecule has 104 valence electrons. The molecule has 1 aliphatic heterocycles. The summed E-state index contributed by atoms with van der Waals surface area (Å²) in [5.41, 5.74) is 8.15. The van der Waals surface area contributed by atoms with Gasteiger partial charge < -0.3 is 10.1 Å². The lowest BCUT2D eigenvalue weighted by Gasteiger charge is -2.16. The minimum Gasteiger partial charge on any atom is -0.497 e. The van der Waals surface area contributed by atoms with E-state index in [1.165, 1.54) is 33.5 Å². The second kappa shape index (κ2) is 4.86. The highest BCUT2D eigenvalue weighted by molar-refractivity contribution is 5.65. The Morgan fingerprint density at radius 1 is 1.00 bits per heavy atom. The van der Waals surface area contributed by atoms with E-state index in [1.54, 1.807) is 7.11 Å². The van der Waals surface area contributed by atoms with Crippen LogP contribution < -0.4 is 10.1 Å². The molecule has 0 spiro atoms. The quantitative estimate of drug-likeness (QED) is 0.874. The van der Waals surface area contributed by atoms with Gasteiger partial charge in [0.25, 0.3) is 0 Å². The molecule has 0 amide bonds. The van der Waals surface area contributed by atoms with Crippen molar-refractivity contribution in [2.24, 2.45) is 0 Å². The highest BCUT2D eigenvalue weighted by Gasteiger charge is 2.25. The van der Waals surface area contributed by atoms with Crippen molar-refractivity contribution < 1.29 is 4.74 Å². The lowest BCUT2D eigenvalue weighted by Crippen LogP contribution is -2.08. The monoisotopic (exact) mass is 267 g/mol. The van der Waals surface area contributed by atoms with Gasteiger partial charge in [-0.25, -0.2) is 0 Å². The number of hydrogen-bond acceptors (Lipinski definition) is 2. The fourth-order valence-electron chi connectivity index (χ4n) is 3.12. The molecule has 1 aliphatic rings. The van der Waals surface area contributed by atoms with Crippen LogP contribution in [0, 0.1) is 20.8 Å². The van der Waals surface area contributed by atoms with Crippen molar-refractivity contribution in [2.45, 2.75) is 33.2 Å². The summed E-state index contributed by atoms with van der Waals surface area (Å²) in [7, 11) is 1.71. The van der Waals surface area contributed by atoms with Gasteiger partial charge in [-0.3, -0.25) is 0 Å². The first kappa shape index (κ1) is 13.0. The van der Waals surface area contributed by atoms with Gasteiger partial charge in [0.2, 0.25) is 0 Å². The van der Waals surface area contributed by atoms with Crippen molar-refractivity contribution in [3.8, 4) is 5.75 Å². The number of benzene rings is 2. The lowest BCUT2D eigenvalue weighted by molar-refractivity contribution is 0.414. The van der Waals surface area contributed by atoms with Crippen LogP contribution in [0.3, 0.4) is 0 Å². The number of aryl methyl sites for hydroxylation is 3. The Morgan fingerprint density at radius 3 is 2.40 bits per heavy atom. The molecule has 0 saturated carbocycles. The maximum atomic E-state index is 5.29. The molecule has 0 aliphatic carbocycles. The molecular formula is C18H21NO. The van der Waals surface area contributed by atoms with Gasteiger partial charge in [-0.15, -0.1) is 0 Å². The first-order chi connectivity index (χ1) is 9.60. The van der Waals surface area contributed by atoms with Gasteiger partial charge in [-0.05, 0) is 67.1 Å². The molecule has 1 heterocycles. The Morgan fingerprint density at radius 2 is 1.75 bits per heavy atom. The predicted molar refractivity (Wildman–Crippen MR) is 83.7 cm³/mol. The van der Waals surface area contributed by atoms with Crippen molar-refractivity contribution in [1.82, 2.24) is 0 Å². The lowest BCUT2D eigenvalue weighted by atomic mass is 9.96. The zero-order chi connectivity index (χ0) is 14.3. The topological polar surface area (TPSA) is 21.3 Å². The molecule has 1 unspecified atom stereocenters. The van der Waals surface area contributed by atoms with Crippen LogP contribution in [0.5, 0.6) is 5.75 Å². The first-order valence-electron chi connectivity index (χ1n) is 7.10. The van der Waals surface area contributed by atoms with Gasteiger partial charge in [0.1, 0.15) is 5.75 Å². The summed E-state index contributed by atoms with van der Waals surface area (Å²) in [6.07, 6.45) is 1.07. The Balaban J connectivity index is 1.96. The summed E-state index contributed by atoms with van der Waals surface area (Å²) < 4.78 is 5.29. The average Bonchev–Trinajstić information content (AvgIpc) is 2.89. The Bertz CT molecular complexity index is 630. The predicted octanol–water partition coefficient (Wildman–Crippen LogP) is 4.33. The van der Waals surface area contributed by atoms with Crippen molar-refractivity contribution in [3.05, 3.63) is 58.1 Å². The van der Waals surface area contributed by atoms with Crippen LogP contribution >= 0.6 is 0 Å². The molecule has 0 bridgehead atoms. The van der Waals surface area contributed by atoms with Gasteiger partial charge >= 0.3 is 0 Å². The van der Waals surface area contributed by atoms with E-state index in [0.29, 0.717) is 6.04 Å². The minimum absolute atomic E-state index is 0.371. The fourth-order valence-corrected chi connectivity index (χ4v) is 3.12. The summed E-state index contributed by atoms with van der Waals surface area (Å²) in [6.45, 7) is 6.53. The summed E-state index contributed by atoms with van der Waals surface area (Å²) in [6, 6.07) is 11.1. The van der Waals surface area contributed by atoms with Crippen LogP contribution in [0.2, 0.25) is 0 Å². The number of anilines is 1. The fraction of sp³-hybridized carbons (Fsp3) is 0.333. The number of methoxy groups -OCH3 is 1. The van der Waals surface area contributed by atoms with E-state index in [9.17, 15) is 0 Å². The summed E-state index contributed by atoms with van der Waals surface area (Å²) in [5, 5.41) is 3.70. The number of rotatable bonds is 2. The maximum Gasteiger partial charge on any atom is 0.119 e. The normalized spacial score (nSPS) is 16.7. The second-order valence-electron chi connectivity index (χ2n) is 5.68. The van der Waals surface area contributed by atoms with E-state index in [2.05, 4.69) is 50.4 Å². The van der Waals surface area contributed by atoms with Crippen molar-refractivity contribution in [1.29, 1.82) is 0 Å². The molecule has 1 atom stereocenters. The summed E-state index contributed by atoms with van der Waals surface area (Å²) in [4.78, 5) is 0.